The van der Waals surface area contributed by atoms with Gasteiger partial charge in [0, 0.05) is 37.7 Å². The lowest BCUT2D eigenvalue weighted by atomic mass is 10.1. The molecular weight excluding hydrogens is 222 g/mol. The Hall–Kier alpha value is -0.830. The summed E-state index contributed by atoms with van der Waals surface area (Å²) in [6.07, 6.45) is 1.96. The second-order valence-corrected chi connectivity index (χ2v) is 4.92. The predicted molar refractivity (Wildman–Crippen MR) is 84.2 cm³/mol. The molecule has 108 valence electrons. The van der Waals surface area contributed by atoms with Crippen LogP contribution >= 0.6 is 0 Å². The van der Waals surface area contributed by atoms with E-state index >= 15 is 0 Å². The van der Waals surface area contributed by atoms with Crippen LogP contribution in [0.3, 0.4) is 0 Å². The highest BCUT2D eigenvalue weighted by molar-refractivity contribution is 5.84. The Morgan fingerprint density at radius 3 is 1.94 bits per heavy atom. The van der Waals surface area contributed by atoms with Crippen molar-refractivity contribution >= 4 is 5.71 Å². The Morgan fingerprint density at radius 2 is 1.56 bits per heavy atom. The largest absolute Gasteiger partial charge is 0.376 e. The SMILES string of the molecule is CC.CC(=N/C=C(\C)N(C)CCN(C)C)C(C)C. The molecule has 0 radical (unpaired) electrons. The molecule has 0 aliphatic carbocycles. The molecular formula is C15H33N3. The molecule has 0 saturated heterocycles. The Bertz CT molecular complexity index is 252. The van der Waals surface area contributed by atoms with Crippen molar-refractivity contribution < 1.29 is 0 Å². The molecule has 0 amide bonds. The number of aliphatic imine (C=N–C) groups is 1. The Kier molecular flexibility index (Phi) is 12.2. The molecule has 0 N–H and O–H groups in total. The maximum atomic E-state index is 4.47. The fraction of sp³-hybridized carbons (Fsp3) is 0.800. The van der Waals surface area contributed by atoms with Gasteiger partial charge in [-0.2, -0.15) is 0 Å². The van der Waals surface area contributed by atoms with Gasteiger partial charge in [-0.15, -0.1) is 0 Å². The van der Waals surface area contributed by atoms with E-state index < -0.39 is 0 Å². The summed E-state index contributed by atoms with van der Waals surface area (Å²) in [5.74, 6) is 0.524. The second kappa shape index (κ2) is 11.3. The summed E-state index contributed by atoms with van der Waals surface area (Å²) in [5.41, 5.74) is 2.39. The molecule has 0 atom stereocenters. The minimum absolute atomic E-state index is 0.524. The monoisotopic (exact) mass is 255 g/mol. The van der Waals surface area contributed by atoms with Crippen molar-refractivity contribution in [3.05, 3.63) is 11.9 Å². The quantitative estimate of drug-likeness (QED) is 0.677. The summed E-state index contributed by atoms with van der Waals surface area (Å²) in [7, 11) is 6.29. The molecule has 0 fully saturated rings. The van der Waals surface area contributed by atoms with E-state index in [0.717, 1.165) is 13.1 Å². The maximum Gasteiger partial charge on any atom is 0.0455 e. The molecule has 0 rings (SSSR count). The molecule has 0 aromatic heterocycles. The summed E-state index contributed by atoms with van der Waals surface area (Å²) in [6, 6.07) is 0. The zero-order valence-corrected chi connectivity index (χ0v) is 13.9. The fourth-order valence-corrected chi connectivity index (χ4v) is 0.969. The van der Waals surface area contributed by atoms with Crippen LogP contribution in [0, 0.1) is 5.92 Å². The van der Waals surface area contributed by atoms with Crippen LogP contribution in [0.15, 0.2) is 16.9 Å². The third-order valence-corrected chi connectivity index (χ3v) is 2.78. The van der Waals surface area contributed by atoms with Crippen LogP contribution in [0.5, 0.6) is 0 Å². The summed E-state index contributed by atoms with van der Waals surface area (Å²) >= 11 is 0. The standard InChI is InChI=1S/C13H27N3.C2H6/c1-11(2)13(4)14-10-12(3)16(7)9-8-15(5)6;1-2/h10-11H,8-9H2,1-7H3;1-2H3/b12-10+,14-13?;. The predicted octanol–water partition coefficient (Wildman–Crippen LogP) is 3.48. The summed E-state index contributed by atoms with van der Waals surface area (Å²) in [6.45, 7) is 14.6. The lowest BCUT2D eigenvalue weighted by molar-refractivity contribution is 0.325. The van der Waals surface area contributed by atoms with E-state index in [4.69, 9.17) is 0 Å². The van der Waals surface area contributed by atoms with Crippen molar-refractivity contribution in [2.24, 2.45) is 10.9 Å². The molecule has 0 unspecified atom stereocenters. The molecule has 0 heterocycles. The average Bonchev–Trinajstić information content (AvgIpc) is 2.34. The Balaban J connectivity index is 0. The average molecular weight is 255 g/mol. The highest BCUT2D eigenvalue weighted by Crippen LogP contribution is 2.02. The van der Waals surface area contributed by atoms with Gasteiger partial charge >= 0.3 is 0 Å². The molecule has 0 saturated carbocycles. The van der Waals surface area contributed by atoms with Crippen molar-refractivity contribution in [1.29, 1.82) is 0 Å². The summed E-state index contributed by atoms with van der Waals surface area (Å²) in [5, 5.41) is 0. The van der Waals surface area contributed by atoms with Crippen LogP contribution in [0.1, 0.15) is 41.5 Å². The Morgan fingerprint density at radius 1 is 1.06 bits per heavy atom. The molecule has 0 bridgehead atoms. The van der Waals surface area contributed by atoms with Gasteiger partial charge in [0.25, 0.3) is 0 Å². The van der Waals surface area contributed by atoms with E-state index in [-0.39, 0.29) is 0 Å². The normalized spacial score (nSPS) is 12.6. The van der Waals surface area contributed by atoms with E-state index in [2.05, 4.69) is 63.6 Å². The van der Waals surface area contributed by atoms with Crippen LogP contribution < -0.4 is 0 Å². The van der Waals surface area contributed by atoms with Crippen LogP contribution in [0.25, 0.3) is 0 Å². The number of hydrogen-bond acceptors (Lipinski definition) is 3. The van der Waals surface area contributed by atoms with Crippen molar-refractivity contribution in [3.63, 3.8) is 0 Å². The lowest BCUT2D eigenvalue weighted by Crippen LogP contribution is -2.27. The van der Waals surface area contributed by atoms with Crippen molar-refractivity contribution in [2.45, 2.75) is 41.5 Å². The third-order valence-electron chi connectivity index (χ3n) is 2.78. The van der Waals surface area contributed by atoms with E-state index in [0.29, 0.717) is 5.92 Å². The topological polar surface area (TPSA) is 18.8 Å². The van der Waals surface area contributed by atoms with Crippen molar-refractivity contribution in [2.75, 3.05) is 34.2 Å². The van der Waals surface area contributed by atoms with Crippen LogP contribution in [0.4, 0.5) is 0 Å². The van der Waals surface area contributed by atoms with Crippen LogP contribution in [0.2, 0.25) is 0 Å². The van der Waals surface area contributed by atoms with Gasteiger partial charge in [-0.3, -0.25) is 4.99 Å². The zero-order chi connectivity index (χ0) is 14.7. The highest BCUT2D eigenvalue weighted by atomic mass is 15.2. The van der Waals surface area contributed by atoms with Crippen LogP contribution in [-0.2, 0) is 0 Å². The Labute approximate surface area is 115 Å². The van der Waals surface area contributed by atoms with E-state index in [9.17, 15) is 0 Å². The van der Waals surface area contributed by atoms with Gasteiger partial charge in [0.15, 0.2) is 0 Å². The molecule has 0 aromatic carbocycles. The molecule has 3 nitrogen and oxygen atoms in total. The fourth-order valence-electron chi connectivity index (χ4n) is 0.969. The number of nitrogens with zero attached hydrogens (tertiary/aromatic N) is 3. The maximum absolute atomic E-state index is 4.47. The third kappa shape index (κ3) is 10.3. The zero-order valence-electron chi connectivity index (χ0n) is 13.9. The van der Waals surface area contributed by atoms with Crippen LogP contribution in [-0.4, -0.2) is 49.7 Å². The molecule has 3 heteroatoms. The van der Waals surface area contributed by atoms with E-state index in [1.54, 1.807) is 0 Å². The number of likely N-dealkylation sites (N-methyl/N-ethyl adjacent to an activating group) is 2. The first-order chi connectivity index (χ1) is 8.34. The van der Waals surface area contributed by atoms with Gasteiger partial charge in [0.1, 0.15) is 0 Å². The van der Waals surface area contributed by atoms with E-state index in [1.165, 1.54) is 11.4 Å². The second-order valence-electron chi connectivity index (χ2n) is 4.92. The smallest absolute Gasteiger partial charge is 0.0455 e. The lowest BCUT2D eigenvalue weighted by Gasteiger charge is -2.21. The van der Waals surface area contributed by atoms with Gasteiger partial charge in [0.05, 0.1) is 0 Å². The molecule has 0 spiro atoms. The van der Waals surface area contributed by atoms with Crippen molar-refractivity contribution in [3.8, 4) is 0 Å². The summed E-state index contributed by atoms with van der Waals surface area (Å²) < 4.78 is 0. The van der Waals surface area contributed by atoms with Gasteiger partial charge in [-0.05, 0) is 33.9 Å². The first kappa shape index (κ1) is 19.5. The first-order valence-corrected chi connectivity index (χ1v) is 6.91. The number of rotatable bonds is 6. The molecule has 0 aliphatic rings. The van der Waals surface area contributed by atoms with Gasteiger partial charge < -0.3 is 9.80 Å². The van der Waals surface area contributed by atoms with Crippen molar-refractivity contribution in [1.82, 2.24) is 9.80 Å². The van der Waals surface area contributed by atoms with Gasteiger partial charge in [0.2, 0.25) is 0 Å². The van der Waals surface area contributed by atoms with Gasteiger partial charge in [-0.25, -0.2) is 0 Å². The molecule has 0 aromatic rings. The van der Waals surface area contributed by atoms with E-state index in [1.807, 2.05) is 20.0 Å². The van der Waals surface area contributed by atoms with Gasteiger partial charge in [-0.1, -0.05) is 27.7 Å². The summed E-state index contributed by atoms with van der Waals surface area (Å²) in [4.78, 5) is 8.89. The molecule has 18 heavy (non-hydrogen) atoms. The minimum atomic E-state index is 0.524. The number of hydrogen-bond donors (Lipinski definition) is 0. The highest BCUT2D eigenvalue weighted by Gasteiger charge is 2.00. The first-order valence-electron chi connectivity index (χ1n) is 6.91. The number of allylic oxidation sites excluding steroid dienone is 1. The molecule has 0 aliphatic heterocycles. The minimum Gasteiger partial charge on any atom is -0.376 e.